The van der Waals surface area contributed by atoms with E-state index in [0.717, 1.165) is 11.8 Å². The summed E-state index contributed by atoms with van der Waals surface area (Å²) < 4.78 is 42.2. The summed E-state index contributed by atoms with van der Waals surface area (Å²) >= 11 is 0.915. The van der Waals surface area contributed by atoms with Gasteiger partial charge in [-0.15, -0.1) is 6.58 Å². The Morgan fingerprint density at radius 3 is 2.70 bits per heavy atom. The fourth-order valence-corrected chi connectivity index (χ4v) is 2.62. The molecule has 0 saturated carbocycles. The minimum Gasteiger partial charge on any atom is -0.390 e. The van der Waals surface area contributed by atoms with Gasteiger partial charge in [0, 0.05) is 6.42 Å². The van der Waals surface area contributed by atoms with Crippen molar-refractivity contribution >= 4 is 16.9 Å². The van der Waals surface area contributed by atoms with Crippen LogP contribution in [0.15, 0.2) is 17.6 Å². The number of hydrogen-bond acceptors (Lipinski definition) is 5. The highest BCUT2D eigenvalue weighted by atomic mass is 32.2. The molecule has 0 radical (unpaired) electrons. The van der Waals surface area contributed by atoms with Crippen LogP contribution in [-0.2, 0) is 4.74 Å². The maximum absolute atomic E-state index is 12.4. The highest BCUT2D eigenvalue weighted by Gasteiger charge is 2.43. The van der Waals surface area contributed by atoms with E-state index in [4.69, 9.17) is 10.5 Å². The smallest absolute Gasteiger partial charge is 0.390 e. The summed E-state index contributed by atoms with van der Waals surface area (Å²) in [6.45, 7) is 3.73. The normalized spacial score (nSPS) is 32.1. The molecule has 0 bridgehead atoms. The molecule has 1 fully saturated rings. The molecule has 0 aromatic carbocycles. The standard InChI is InChI=1S/C11H17F3N2O3S/c1-2-3-16-10(15)20-8-4-6(17)9(18)7(19-8)5-11(12,13)14/h2,6-9,17-18H,1,3-5H2,(H2,15,16). The Balaban J connectivity index is 2.64. The van der Waals surface area contributed by atoms with E-state index >= 15 is 0 Å². The van der Waals surface area contributed by atoms with E-state index in [1.165, 1.54) is 6.08 Å². The van der Waals surface area contributed by atoms with Crippen molar-refractivity contribution in [2.45, 2.75) is 42.8 Å². The lowest BCUT2D eigenvalue weighted by Crippen LogP contribution is -2.49. The number of amidine groups is 1. The van der Waals surface area contributed by atoms with Crippen molar-refractivity contribution in [1.29, 1.82) is 0 Å². The predicted octanol–water partition coefficient (Wildman–Crippen LogP) is 1.01. The average Bonchev–Trinajstić information content (AvgIpc) is 2.31. The molecule has 9 heteroatoms. The van der Waals surface area contributed by atoms with Gasteiger partial charge in [0.25, 0.3) is 0 Å². The number of nitrogens with zero attached hydrogens (tertiary/aromatic N) is 1. The molecular weight excluding hydrogens is 297 g/mol. The molecule has 4 N–H and O–H groups in total. The van der Waals surface area contributed by atoms with Crippen LogP contribution in [0.5, 0.6) is 0 Å². The first-order chi connectivity index (χ1) is 9.23. The zero-order chi connectivity index (χ0) is 15.3. The van der Waals surface area contributed by atoms with Gasteiger partial charge >= 0.3 is 6.18 Å². The SMILES string of the molecule is C=CCN=C(N)SC1CC(O)C(O)C(CC(F)(F)F)O1. The number of alkyl halides is 3. The second kappa shape index (κ2) is 7.30. The monoisotopic (exact) mass is 314 g/mol. The number of aliphatic hydroxyl groups excluding tert-OH is 2. The molecule has 0 aromatic rings. The summed E-state index contributed by atoms with van der Waals surface area (Å²) in [5.41, 5.74) is 4.78. The number of rotatable bonds is 4. The van der Waals surface area contributed by atoms with Crippen molar-refractivity contribution in [1.82, 2.24) is 0 Å². The topological polar surface area (TPSA) is 88.1 Å². The van der Waals surface area contributed by atoms with Gasteiger partial charge in [-0.05, 0) is 0 Å². The summed E-state index contributed by atoms with van der Waals surface area (Å²) in [5.74, 6) is 0. The summed E-state index contributed by atoms with van der Waals surface area (Å²) in [6.07, 6.45) is -8.69. The average molecular weight is 314 g/mol. The van der Waals surface area contributed by atoms with Gasteiger partial charge in [0.1, 0.15) is 11.5 Å². The lowest BCUT2D eigenvalue weighted by Gasteiger charge is -2.37. The first-order valence-electron chi connectivity index (χ1n) is 5.88. The van der Waals surface area contributed by atoms with E-state index in [-0.39, 0.29) is 18.1 Å². The molecule has 0 aromatic heterocycles. The minimum atomic E-state index is -4.49. The summed E-state index contributed by atoms with van der Waals surface area (Å²) in [5, 5.41) is 19.3. The molecule has 0 amide bonds. The number of nitrogens with two attached hydrogens (primary N) is 1. The highest BCUT2D eigenvalue weighted by Crippen LogP contribution is 2.33. The van der Waals surface area contributed by atoms with Crippen molar-refractivity contribution in [2.24, 2.45) is 10.7 Å². The van der Waals surface area contributed by atoms with Gasteiger partial charge in [-0.1, -0.05) is 17.8 Å². The zero-order valence-corrected chi connectivity index (χ0v) is 11.4. The molecule has 1 aliphatic rings. The molecule has 5 nitrogen and oxygen atoms in total. The highest BCUT2D eigenvalue weighted by molar-refractivity contribution is 8.14. The molecule has 20 heavy (non-hydrogen) atoms. The summed E-state index contributed by atoms with van der Waals surface area (Å²) in [6, 6.07) is 0. The van der Waals surface area contributed by atoms with Crippen LogP contribution in [0.3, 0.4) is 0 Å². The van der Waals surface area contributed by atoms with E-state index in [2.05, 4.69) is 11.6 Å². The Bertz CT molecular complexity index is 365. The largest absolute Gasteiger partial charge is 0.391 e. The molecule has 1 rings (SSSR count). The Labute approximate surface area is 118 Å². The second-order valence-corrected chi connectivity index (χ2v) is 5.48. The molecule has 1 heterocycles. The van der Waals surface area contributed by atoms with Gasteiger partial charge in [0.15, 0.2) is 5.17 Å². The van der Waals surface area contributed by atoms with Crippen LogP contribution >= 0.6 is 11.8 Å². The molecule has 1 aliphatic heterocycles. The molecule has 116 valence electrons. The van der Waals surface area contributed by atoms with E-state index in [1.54, 1.807) is 0 Å². The van der Waals surface area contributed by atoms with Crippen molar-refractivity contribution in [2.75, 3.05) is 6.54 Å². The first kappa shape index (κ1) is 17.3. The zero-order valence-electron chi connectivity index (χ0n) is 10.6. The third kappa shape index (κ3) is 5.70. The molecule has 0 aliphatic carbocycles. The Morgan fingerprint density at radius 1 is 1.50 bits per heavy atom. The number of ether oxygens (including phenoxy) is 1. The maximum atomic E-state index is 12.4. The van der Waals surface area contributed by atoms with E-state index in [9.17, 15) is 23.4 Å². The molecule has 1 saturated heterocycles. The molecule has 4 atom stereocenters. The Morgan fingerprint density at radius 2 is 2.15 bits per heavy atom. The number of halogens is 3. The Kier molecular flexibility index (Phi) is 6.31. The van der Waals surface area contributed by atoms with E-state index in [0.29, 0.717) is 0 Å². The van der Waals surface area contributed by atoms with E-state index in [1.807, 2.05) is 0 Å². The first-order valence-corrected chi connectivity index (χ1v) is 6.76. The van der Waals surface area contributed by atoms with Crippen LogP contribution in [0, 0.1) is 0 Å². The lowest BCUT2D eigenvalue weighted by molar-refractivity contribution is -0.206. The third-order valence-corrected chi connectivity index (χ3v) is 3.53. The molecule has 4 unspecified atom stereocenters. The number of hydrogen-bond donors (Lipinski definition) is 3. The van der Waals surface area contributed by atoms with Crippen LogP contribution in [0.25, 0.3) is 0 Å². The van der Waals surface area contributed by atoms with Crippen molar-refractivity contribution in [3.63, 3.8) is 0 Å². The van der Waals surface area contributed by atoms with Crippen molar-refractivity contribution in [3.05, 3.63) is 12.7 Å². The van der Waals surface area contributed by atoms with E-state index < -0.39 is 36.3 Å². The van der Waals surface area contributed by atoms with Gasteiger partial charge < -0.3 is 20.7 Å². The van der Waals surface area contributed by atoms with Crippen molar-refractivity contribution in [3.8, 4) is 0 Å². The van der Waals surface area contributed by atoms with Crippen LogP contribution in [0.2, 0.25) is 0 Å². The quantitative estimate of drug-likeness (QED) is 0.409. The third-order valence-electron chi connectivity index (χ3n) is 2.60. The maximum Gasteiger partial charge on any atom is 0.391 e. The fraction of sp³-hybridized carbons (Fsp3) is 0.727. The molecule has 0 spiro atoms. The van der Waals surface area contributed by atoms with Crippen LogP contribution < -0.4 is 5.73 Å². The summed E-state index contributed by atoms with van der Waals surface area (Å²) in [7, 11) is 0. The Hall–Kier alpha value is -0.770. The van der Waals surface area contributed by atoms with Crippen LogP contribution in [0.1, 0.15) is 12.8 Å². The van der Waals surface area contributed by atoms with Gasteiger partial charge in [0.2, 0.25) is 0 Å². The fourth-order valence-electron chi connectivity index (χ4n) is 1.71. The van der Waals surface area contributed by atoms with Gasteiger partial charge in [-0.25, -0.2) is 0 Å². The lowest BCUT2D eigenvalue weighted by atomic mass is 10.00. The van der Waals surface area contributed by atoms with Crippen LogP contribution in [-0.4, -0.2) is 51.8 Å². The predicted molar refractivity (Wildman–Crippen MR) is 70.2 cm³/mol. The van der Waals surface area contributed by atoms with Crippen LogP contribution in [0.4, 0.5) is 13.2 Å². The number of aliphatic imine (C=N–C) groups is 1. The van der Waals surface area contributed by atoms with Gasteiger partial charge in [-0.2, -0.15) is 13.2 Å². The number of thioether (sulfide) groups is 1. The van der Waals surface area contributed by atoms with Gasteiger partial charge in [-0.3, -0.25) is 4.99 Å². The number of aliphatic hydroxyl groups is 2. The second-order valence-electron chi connectivity index (χ2n) is 4.30. The molecular formula is C11H17F3N2O3S. The van der Waals surface area contributed by atoms with Gasteiger partial charge in [0.05, 0.1) is 25.2 Å². The van der Waals surface area contributed by atoms with Crippen molar-refractivity contribution < 1.29 is 28.1 Å². The minimum absolute atomic E-state index is 0.0233. The summed E-state index contributed by atoms with van der Waals surface area (Å²) in [4.78, 5) is 3.87.